The maximum atomic E-state index is 9.65. The third kappa shape index (κ3) is 3.72. The Hall–Kier alpha value is -1.60. The lowest BCUT2D eigenvalue weighted by Crippen LogP contribution is -2.19. The van der Waals surface area contributed by atoms with Crippen molar-refractivity contribution < 1.29 is 5.11 Å². The van der Waals surface area contributed by atoms with E-state index in [4.69, 9.17) is 5.26 Å². The molecule has 1 unspecified atom stereocenters. The van der Waals surface area contributed by atoms with Gasteiger partial charge in [-0.15, -0.1) is 0 Å². The number of aryl methyl sites for hydroxylation is 2. The van der Waals surface area contributed by atoms with Crippen LogP contribution in [0.5, 0.6) is 0 Å². The first-order valence-electron chi connectivity index (χ1n) is 5.88. The molecule has 1 heterocycles. The van der Waals surface area contributed by atoms with E-state index in [1.807, 2.05) is 26.8 Å². The molecule has 0 aliphatic heterocycles. The Bertz CT molecular complexity index is 423. The third-order valence-corrected chi connectivity index (χ3v) is 2.59. The summed E-state index contributed by atoms with van der Waals surface area (Å²) in [6, 6.07) is 3.98. The summed E-state index contributed by atoms with van der Waals surface area (Å²) < 4.78 is 0. The second kappa shape index (κ2) is 6.21. The molecule has 4 nitrogen and oxygen atoms in total. The summed E-state index contributed by atoms with van der Waals surface area (Å²) in [6.45, 7) is 6.21. The number of aliphatic hydroxyl groups is 1. The molecule has 1 aromatic heterocycles. The van der Waals surface area contributed by atoms with Crippen LogP contribution in [0.4, 0.5) is 5.69 Å². The van der Waals surface area contributed by atoms with Crippen LogP contribution in [-0.4, -0.2) is 22.7 Å². The molecule has 1 aromatic rings. The fraction of sp³-hybridized carbons (Fsp3) is 0.538. The van der Waals surface area contributed by atoms with E-state index < -0.39 is 0 Å². The third-order valence-electron chi connectivity index (χ3n) is 2.59. The number of aromatic nitrogens is 1. The second-order valence-corrected chi connectivity index (χ2v) is 4.21. The molecule has 0 aliphatic carbocycles. The van der Waals surface area contributed by atoms with Gasteiger partial charge in [-0.05, 0) is 26.3 Å². The quantitative estimate of drug-likeness (QED) is 0.817. The molecule has 0 aromatic carbocycles. The average Bonchev–Trinajstić information content (AvgIpc) is 2.26. The van der Waals surface area contributed by atoms with Crippen LogP contribution >= 0.6 is 0 Å². The van der Waals surface area contributed by atoms with Gasteiger partial charge in [-0.3, -0.25) is 4.98 Å². The number of nitrogens with zero attached hydrogens (tertiary/aromatic N) is 2. The van der Waals surface area contributed by atoms with Crippen LogP contribution in [0.3, 0.4) is 0 Å². The largest absolute Gasteiger partial charge is 0.391 e. The molecule has 0 aliphatic rings. The maximum absolute atomic E-state index is 9.65. The molecule has 2 N–H and O–H groups in total. The van der Waals surface area contributed by atoms with Crippen LogP contribution in [0.25, 0.3) is 0 Å². The Morgan fingerprint density at radius 1 is 1.53 bits per heavy atom. The van der Waals surface area contributed by atoms with E-state index in [1.54, 1.807) is 0 Å². The first kappa shape index (κ1) is 13.5. The smallest absolute Gasteiger partial charge is 0.103 e. The van der Waals surface area contributed by atoms with Gasteiger partial charge in [-0.25, -0.2) is 0 Å². The Balaban J connectivity index is 2.80. The number of rotatable bonds is 5. The van der Waals surface area contributed by atoms with E-state index in [0.29, 0.717) is 12.1 Å². The van der Waals surface area contributed by atoms with Crippen molar-refractivity contribution in [1.82, 2.24) is 4.98 Å². The zero-order chi connectivity index (χ0) is 12.8. The Kier molecular flexibility index (Phi) is 4.92. The number of anilines is 1. The van der Waals surface area contributed by atoms with E-state index in [-0.39, 0.29) is 6.10 Å². The molecular weight excluding hydrogens is 214 g/mol. The van der Waals surface area contributed by atoms with Crippen LogP contribution < -0.4 is 5.32 Å². The maximum Gasteiger partial charge on any atom is 0.103 e. The van der Waals surface area contributed by atoms with Crippen molar-refractivity contribution in [3.63, 3.8) is 0 Å². The van der Waals surface area contributed by atoms with E-state index in [1.165, 1.54) is 0 Å². The molecule has 0 saturated carbocycles. The van der Waals surface area contributed by atoms with Crippen molar-refractivity contribution in [1.29, 1.82) is 5.26 Å². The topological polar surface area (TPSA) is 68.9 Å². The standard InChI is InChI=1S/C13H19N3O/c1-4-5-11(17)8-15-13-6-9(2)16-10(3)12(13)7-14/h6,11,17H,4-5,8H2,1-3H3,(H,15,16). The first-order valence-corrected chi connectivity index (χ1v) is 5.88. The van der Waals surface area contributed by atoms with Gasteiger partial charge in [-0.2, -0.15) is 5.26 Å². The van der Waals surface area contributed by atoms with Crippen molar-refractivity contribution in [3.8, 4) is 6.07 Å². The molecule has 0 spiro atoms. The van der Waals surface area contributed by atoms with Crippen molar-refractivity contribution in [2.75, 3.05) is 11.9 Å². The number of aliphatic hydroxyl groups excluding tert-OH is 1. The highest BCUT2D eigenvalue weighted by molar-refractivity contribution is 5.59. The van der Waals surface area contributed by atoms with Gasteiger partial charge < -0.3 is 10.4 Å². The number of nitriles is 1. The summed E-state index contributed by atoms with van der Waals surface area (Å²) >= 11 is 0. The van der Waals surface area contributed by atoms with Crippen LogP contribution in [0.15, 0.2) is 6.07 Å². The molecular formula is C13H19N3O. The molecule has 17 heavy (non-hydrogen) atoms. The van der Waals surface area contributed by atoms with Crippen molar-refractivity contribution >= 4 is 5.69 Å². The Morgan fingerprint density at radius 3 is 2.82 bits per heavy atom. The lowest BCUT2D eigenvalue weighted by Gasteiger charge is -2.14. The van der Waals surface area contributed by atoms with E-state index >= 15 is 0 Å². The Labute approximate surface area is 102 Å². The van der Waals surface area contributed by atoms with Gasteiger partial charge in [0, 0.05) is 12.2 Å². The Morgan fingerprint density at radius 2 is 2.24 bits per heavy atom. The predicted octanol–water partition coefficient (Wildman–Crippen LogP) is 2.14. The van der Waals surface area contributed by atoms with Crippen LogP contribution in [0.1, 0.15) is 36.7 Å². The van der Waals surface area contributed by atoms with Gasteiger partial charge in [0.05, 0.1) is 23.0 Å². The molecule has 1 rings (SSSR count). The van der Waals surface area contributed by atoms with Gasteiger partial charge in [0.1, 0.15) is 6.07 Å². The summed E-state index contributed by atoms with van der Waals surface area (Å²) in [7, 11) is 0. The lowest BCUT2D eigenvalue weighted by molar-refractivity contribution is 0.176. The van der Waals surface area contributed by atoms with Gasteiger partial charge >= 0.3 is 0 Å². The predicted molar refractivity (Wildman–Crippen MR) is 67.8 cm³/mol. The molecule has 0 saturated heterocycles. The first-order chi connectivity index (χ1) is 8.08. The van der Waals surface area contributed by atoms with Gasteiger partial charge in [0.15, 0.2) is 0 Å². The fourth-order valence-corrected chi connectivity index (χ4v) is 1.77. The number of nitrogens with one attached hydrogen (secondary N) is 1. The molecule has 0 fully saturated rings. The molecule has 0 bridgehead atoms. The number of hydrogen-bond acceptors (Lipinski definition) is 4. The molecule has 92 valence electrons. The minimum Gasteiger partial charge on any atom is -0.391 e. The van der Waals surface area contributed by atoms with E-state index in [9.17, 15) is 5.11 Å². The average molecular weight is 233 g/mol. The van der Waals surface area contributed by atoms with Crippen LogP contribution in [0, 0.1) is 25.2 Å². The fourth-order valence-electron chi connectivity index (χ4n) is 1.77. The lowest BCUT2D eigenvalue weighted by atomic mass is 10.1. The van der Waals surface area contributed by atoms with Crippen molar-refractivity contribution in [2.24, 2.45) is 0 Å². The van der Waals surface area contributed by atoms with E-state index in [0.717, 1.165) is 29.9 Å². The van der Waals surface area contributed by atoms with Gasteiger partial charge in [0.2, 0.25) is 0 Å². The van der Waals surface area contributed by atoms with Crippen molar-refractivity contribution in [2.45, 2.75) is 39.7 Å². The number of hydrogen-bond donors (Lipinski definition) is 2. The summed E-state index contributed by atoms with van der Waals surface area (Å²) in [5, 5.41) is 21.8. The summed E-state index contributed by atoms with van der Waals surface area (Å²) in [6.07, 6.45) is 1.33. The second-order valence-electron chi connectivity index (χ2n) is 4.21. The highest BCUT2D eigenvalue weighted by Crippen LogP contribution is 2.18. The van der Waals surface area contributed by atoms with Gasteiger partial charge in [-0.1, -0.05) is 13.3 Å². The minimum atomic E-state index is -0.375. The molecule has 1 atom stereocenters. The molecule has 0 amide bonds. The number of pyridine rings is 1. The minimum absolute atomic E-state index is 0.375. The summed E-state index contributed by atoms with van der Waals surface area (Å²) in [4.78, 5) is 4.24. The molecule has 4 heteroatoms. The van der Waals surface area contributed by atoms with Crippen LogP contribution in [-0.2, 0) is 0 Å². The zero-order valence-electron chi connectivity index (χ0n) is 10.6. The van der Waals surface area contributed by atoms with Gasteiger partial charge in [0.25, 0.3) is 0 Å². The summed E-state index contributed by atoms with van der Waals surface area (Å²) in [5.41, 5.74) is 2.90. The monoisotopic (exact) mass is 233 g/mol. The molecule has 0 radical (unpaired) electrons. The van der Waals surface area contributed by atoms with E-state index in [2.05, 4.69) is 16.4 Å². The van der Waals surface area contributed by atoms with Crippen LogP contribution in [0.2, 0.25) is 0 Å². The SMILES string of the molecule is CCCC(O)CNc1cc(C)nc(C)c1C#N. The normalized spacial score (nSPS) is 11.9. The van der Waals surface area contributed by atoms with Crippen molar-refractivity contribution in [3.05, 3.63) is 23.0 Å². The zero-order valence-corrected chi connectivity index (χ0v) is 10.6. The highest BCUT2D eigenvalue weighted by Gasteiger charge is 2.09. The highest BCUT2D eigenvalue weighted by atomic mass is 16.3. The summed E-state index contributed by atoms with van der Waals surface area (Å²) in [5.74, 6) is 0.